The van der Waals surface area contributed by atoms with Gasteiger partial charge in [-0.25, -0.2) is 0 Å². The van der Waals surface area contributed by atoms with Gasteiger partial charge in [0.15, 0.2) is 0 Å². The summed E-state index contributed by atoms with van der Waals surface area (Å²) in [6, 6.07) is 0. The van der Waals surface area contributed by atoms with Crippen LogP contribution < -0.4 is 0 Å². The monoisotopic (exact) mass is 578 g/mol. The van der Waals surface area contributed by atoms with E-state index in [4.69, 9.17) is 10.2 Å². The van der Waals surface area contributed by atoms with Crippen molar-refractivity contribution >= 4 is 33.1 Å². The Morgan fingerprint density at radius 2 is 0.727 bits per heavy atom. The molecule has 0 aliphatic heterocycles. The second-order valence-electron chi connectivity index (χ2n) is 8.99. The van der Waals surface area contributed by atoms with Gasteiger partial charge in [0.1, 0.15) is 0 Å². The molecular weight excluding hydrogens is 519 g/mol. The predicted octanol–water partition coefficient (Wildman–Crippen LogP) is 9.55. The van der Waals surface area contributed by atoms with Crippen LogP contribution in [-0.4, -0.2) is 43.3 Å². The molecule has 0 heterocycles. The molecule has 2 N–H and O–H groups in total. The molecule has 0 aromatic rings. The number of carbonyl (C=O) groups is 2. The Kier molecular flexibility index (Phi) is 41.0. The van der Waals surface area contributed by atoms with Crippen molar-refractivity contribution in [1.82, 2.24) is 0 Å². The summed E-state index contributed by atoms with van der Waals surface area (Å²) < 4.78 is 3.25. The Hall–Kier alpha value is -0.261. The van der Waals surface area contributed by atoms with Gasteiger partial charge in [-0.1, -0.05) is 90.9 Å². The topological polar surface area (TPSA) is 74.6 Å². The molecule has 0 aliphatic rings. The third kappa shape index (κ3) is 49.8. The Balaban J connectivity index is -0.000000414. The van der Waals surface area contributed by atoms with Crippen LogP contribution in [0.15, 0.2) is 0 Å². The van der Waals surface area contributed by atoms with Gasteiger partial charge in [-0.2, -0.15) is 0 Å². The summed E-state index contributed by atoms with van der Waals surface area (Å²) in [7, 11) is 0. The Morgan fingerprint density at radius 1 is 0.455 bits per heavy atom. The van der Waals surface area contributed by atoms with Crippen LogP contribution in [0, 0.1) is 0 Å². The van der Waals surface area contributed by atoms with Gasteiger partial charge >= 0.3 is 81.5 Å². The minimum atomic E-state index is -0.663. The molecule has 0 rings (SSSR count). The first kappa shape index (κ1) is 37.3. The zero-order chi connectivity index (χ0) is 25.4. The normalized spacial score (nSPS) is 10.1. The molecule has 0 saturated carbocycles. The molecule has 5 heteroatoms. The van der Waals surface area contributed by atoms with Gasteiger partial charge in [0.25, 0.3) is 0 Å². The molecule has 0 fully saturated rings. The van der Waals surface area contributed by atoms with Crippen molar-refractivity contribution in [2.75, 3.05) is 0 Å². The average Bonchev–Trinajstić information content (AvgIpc) is 2.78. The number of unbranched alkanes of at least 4 members (excludes halogenated alkanes) is 14. The zero-order valence-corrected chi connectivity index (χ0v) is 25.6. The van der Waals surface area contributed by atoms with E-state index >= 15 is 0 Å². The van der Waals surface area contributed by atoms with Gasteiger partial charge in [-0.3, -0.25) is 9.59 Å². The number of carboxylic acid groups (broad SMARTS) is 2. The molecule has 0 spiro atoms. The Labute approximate surface area is 217 Å². The average molecular weight is 577 g/mol. The number of hydrogen-bond acceptors (Lipinski definition) is 2. The summed E-state index contributed by atoms with van der Waals surface area (Å²) in [4.78, 5) is 20.3. The van der Waals surface area contributed by atoms with Crippen LogP contribution in [0.2, 0.25) is 8.87 Å². The third-order valence-electron chi connectivity index (χ3n) is 5.40. The molecule has 0 aromatic heterocycles. The van der Waals surface area contributed by atoms with Gasteiger partial charge in [-0.05, 0) is 12.8 Å². The Bertz CT molecular complexity index is 341. The molecule has 0 aliphatic carbocycles. The standard InChI is InChI=1S/2C10H20O2.2C4H9.Sn/c2*1-2-3-4-5-6-7-8-9-10(11)12;2*1-3-4-2;/h2*2-9H2,1H3,(H,11,12);2*1,3-4H2,2H3;. The molecule has 0 aromatic carbocycles. The van der Waals surface area contributed by atoms with E-state index in [2.05, 4.69) is 27.7 Å². The summed E-state index contributed by atoms with van der Waals surface area (Å²) in [6.07, 6.45) is 23.1. The zero-order valence-electron chi connectivity index (χ0n) is 22.8. The number of rotatable bonds is 22. The van der Waals surface area contributed by atoms with E-state index in [9.17, 15) is 9.59 Å². The first-order chi connectivity index (χ1) is 16.0. The second-order valence-corrected chi connectivity index (χ2v) is 13.3. The molecule has 198 valence electrons. The minimum absolute atomic E-state index is 0.149. The van der Waals surface area contributed by atoms with E-state index in [0.717, 1.165) is 25.7 Å². The first-order valence-corrected chi connectivity index (χ1v) is 18.1. The van der Waals surface area contributed by atoms with Crippen molar-refractivity contribution < 1.29 is 19.8 Å². The number of hydrogen-bond donors (Lipinski definition) is 2. The molecule has 0 bridgehead atoms. The molecular formula is C28H58O4Sn. The van der Waals surface area contributed by atoms with Gasteiger partial charge in [0, 0.05) is 12.8 Å². The van der Waals surface area contributed by atoms with E-state index < -0.39 is 11.9 Å². The van der Waals surface area contributed by atoms with Gasteiger partial charge in [-0.15, -0.1) is 0 Å². The predicted molar refractivity (Wildman–Crippen MR) is 146 cm³/mol. The van der Waals surface area contributed by atoms with Crippen LogP contribution in [0.25, 0.3) is 0 Å². The van der Waals surface area contributed by atoms with Crippen molar-refractivity contribution in [1.29, 1.82) is 0 Å². The fourth-order valence-electron chi connectivity index (χ4n) is 3.20. The molecule has 33 heavy (non-hydrogen) atoms. The quantitative estimate of drug-likeness (QED) is 0.0993. The summed E-state index contributed by atoms with van der Waals surface area (Å²) in [5, 5.41) is 16.7. The summed E-state index contributed by atoms with van der Waals surface area (Å²) in [5.74, 6) is -1.33. The van der Waals surface area contributed by atoms with E-state index in [1.165, 1.54) is 89.9 Å². The van der Waals surface area contributed by atoms with E-state index in [0.29, 0.717) is 12.8 Å². The van der Waals surface area contributed by atoms with Crippen LogP contribution in [0.1, 0.15) is 156 Å². The van der Waals surface area contributed by atoms with Crippen LogP contribution in [0.3, 0.4) is 0 Å². The third-order valence-corrected chi connectivity index (χ3v) is 9.44. The molecule has 0 atom stereocenters. The van der Waals surface area contributed by atoms with E-state index in [1.807, 2.05) is 0 Å². The number of aliphatic carboxylic acids is 2. The summed E-state index contributed by atoms with van der Waals surface area (Å²) in [6.45, 7) is 8.98. The van der Waals surface area contributed by atoms with Crippen molar-refractivity contribution in [2.24, 2.45) is 0 Å². The fraction of sp³-hybridized carbons (Fsp3) is 0.929. The number of carboxylic acids is 2. The van der Waals surface area contributed by atoms with Crippen molar-refractivity contribution in [2.45, 2.75) is 165 Å². The maximum atomic E-state index is 10.1. The van der Waals surface area contributed by atoms with Crippen molar-refractivity contribution in [3.05, 3.63) is 0 Å². The van der Waals surface area contributed by atoms with E-state index in [-0.39, 0.29) is 21.1 Å². The fourth-order valence-corrected chi connectivity index (χ4v) is 7.35. The Morgan fingerprint density at radius 3 is 1.00 bits per heavy atom. The molecule has 2 radical (unpaired) electrons. The van der Waals surface area contributed by atoms with Crippen molar-refractivity contribution in [3.8, 4) is 0 Å². The van der Waals surface area contributed by atoms with Gasteiger partial charge in [0.2, 0.25) is 0 Å². The van der Waals surface area contributed by atoms with Crippen LogP contribution in [0.5, 0.6) is 0 Å². The molecule has 4 nitrogen and oxygen atoms in total. The van der Waals surface area contributed by atoms with Gasteiger partial charge < -0.3 is 10.2 Å². The second kappa shape index (κ2) is 36.3. The van der Waals surface area contributed by atoms with Crippen LogP contribution in [0.4, 0.5) is 0 Å². The van der Waals surface area contributed by atoms with E-state index in [1.54, 1.807) is 8.87 Å². The SMILES string of the molecule is CCCCCCCCCC(=O)O.CCCCCCCCCC(=O)O.CCC[CH2][Sn][CH2]CCC. The maximum absolute atomic E-state index is 10.1. The molecule has 0 unspecified atom stereocenters. The molecule has 0 saturated heterocycles. The van der Waals surface area contributed by atoms with Crippen LogP contribution >= 0.6 is 0 Å². The van der Waals surface area contributed by atoms with Crippen LogP contribution in [-0.2, 0) is 9.59 Å². The first-order valence-electron chi connectivity index (χ1n) is 14.1. The van der Waals surface area contributed by atoms with Crippen molar-refractivity contribution in [3.63, 3.8) is 0 Å². The summed E-state index contributed by atoms with van der Waals surface area (Å²) >= 11 is 0.149. The summed E-state index contributed by atoms with van der Waals surface area (Å²) in [5.41, 5.74) is 0. The molecule has 0 amide bonds. The van der Waals surface area contributed by atoms with Gasteiger partial charge in [0.05, 0.1) is 0 Å².